The standard InChI is InChI=1S/C14H12ClNO3/c15-8-9-1-3-11(4-2-9)16-14(19)10-5-12(17)7-13(18)6-10/h1-7,17-18H,8H2,(H,16,19). The van der Waals surface area contributed by atoms with Crippen LogP contribution in [0.5, 0.6) is 11.5 Å². The number of carbonyl (C=O) groups is 1. The first-order valence-corrected chi connectivity index (χ1v) is 6.11. The number of aromatic hydroxyl groups is 2. The Morgan fingerprint density at radius 1 is 1.05 bits per heavy atom. The van der Waals surface area contributed by atoms with Crippen LogP contribution in [0.3, 0.4) is 0 Å². The van der Waals surface area contributed by atoms with Crippen molar-refractivity contribution in [2.24, 2.45) is 0 Å². The Balaban J connectivity index is 2.15. The molecule has 0 aliphatic carbocycles. The van der Waals surface area contributed by atoms with Crippen molar-refractivity contribution in [1.29, 1.82) is 0 Å². The first kappa shape index (κ1) is 13.2. The molecular weight excluding hydrogens is 266 g/mol. The van der Waals surface area contributed by atoms with Gasteiger partial charge in [-0.2, -0.15) is 0 Å². The number of amides is 1. The fourth-order valence-corrected chi connectivity index (χ4v) is 1.78. The molecule has 0 heterocycles. The summed E-state index contributed by atoms with van der Waals surface area (Å²) in [6.07, 6.45) is 0. The number of hydrogen-bond donors (Lipinski definition) is 3. The van der Waals surface area contributed by atoms with Crippen molar-refractivity contribution in [2.45, 2.75) is 5.88 Å². The third kappa shape index (κ3) is 3.39. The maximum absolute atomic E-state index is 11.9. The van der Waals surface area contributed by atoms with E-state index in [0.717, 1.165) is 11.6 Å². The first-order chi connectivity index (χ1) is 9.08. The summed E-state index contributed by atoms with van der Waals surface area (Å²) in [5.74, 6) is -0.329. The lowest BCUT2D eigenvalue weighted by molar-refractivity contribution is 0.102. The molecule has 0 atom stereocenters. The second kappa shape index (κ2) is 5.63. The van der Waals surface area contributed by atoms with Crippen molar-refractivity contribution in [1.82, 2.24) is 0 Å². The molecule has 0 saturated heterocycles. The van der Waals surface area contributed by atoms with Crippen molar-refractivity contribution < 1.29 is 15.0 Å². The van der Waals surface area contributed by atoms with Crippen LogP contribution >= 0.6 is 11.6 Å². The molecule has 0 aromatic heterocycles. The minimum atomic E-state index is -0.412. The Morgan fingerprint density at radius 2 is 1.63 bits per heavy atom. The van der Waals surface area contributed by atoms with Gasteiger partial charge in [0.2, 0.25) is 0 Å². The van der Waals surface area contributed by atoms with E-state index in [1.165, 1.54) is 12.1 Å². The van der Waals surface area contributed by atoms with Gasteiger partial charge in [0.05, 0.1) is 0 Å². The van der Waals surface area contributed by atoms with Crippen LogP contribution in [0.25, 0.3) is 0 Å². The van der Waals surface area contributed by atoms with Gasteiger partial charge in [0.25, 0.3) is 5.91 Å². The predicted octanol–water partition coefficient (Wildman–Crippen LogP) is 3.09. The average molecular weight is 278 g/mol. The van der Waals surface area contributed by atoms with Crippen LogP contribution in [0.15, 0.2) is 42.5 Å². The zero-order valence-corrected chi connectivity index (χ0v) is 10.7. The van der Waals surface area contributed by atoms with Crippen LogP contribution in [0.2, 0.25) is 0 Å². The van der Waals surface area contributed by atoms with Crippen molar-refractivity contribution in [3.8, 4) is 11.5 Å². The lowest BCUT2D eigenvalue weighted by Gasteiger charge is -2.06. The molecule has 0 bridgehead atoms. The Kier molecular flexibility index (Phi) is 3.92. The molecular formula is C14H12ClNO3. The zero-order chi connectivity index (χ0) is 13.8. The molecule has 5 heteroatoms. The number of benzene rings is 2. The van der Waals surface area contributed by atoms with E-state index in [-0.39, 0.29) is 17.1 Å². The van der Waals surface area contributed by atoms with Crippen LogP contribution in [0.4, 0.5) is 5.69 Å². The lowest BCUT2D eigenvalue weighted by Crippen LogP contribution is -2.11. The molecule has 2 aromatic carbocycles. The molecule has 98 valence electrons. The molecule has 3 N–H and O–H groups in total. The van der Waals surface area contributed by atoms with E-state index < -0.39 is 5.91 Å². The zero-order valence-electron chi connectivity index (χ0n) is 9.93. The molecule has 0 saturated carbocycles. The van der Waals surface area contributed by atoms with E-state index in [2.05, 4.69) is 5.32 Å². The summed E-state index contributed by atoms with van der Waals surface area (Å²) >= 11 is 5.67. The topological polar surface area (TPSA) is 69.6 Å². The molecule has 1 amide bonds. The van der Waals surface area contributed by atoms with E-state index in [0.29, 0.717) is 11.6 Å². The molecule has 2 rings (SSSR count). The van der Waals surface area contributed by atoms with E-state index in [1.54, 1.807) is 12.1 Å². The van der Waals surface area contributed by atoms with E-state index >= 15 is 0 Å². The van der Waals surface area contributed by atoms with E-state index in [1.807, 2.05) is 12.1 Å². The Hall–Kier alpha value is -2.20. The average Bonchev–Trinajstić information content (AvgIpc) is 2.38. The number of nitrogens with one attached hydrogen (secondary N) is 1. The summed E-state index contributed by atoms with van der Waals surface area (Å²) in [6.45, 7) is 0. The Labute approximate surface area is 115 Å². The minimum absolute atomic E-state index is 0.164. The van der Waals surface area contributed by atoms with Gasteiger partial charge in [-0.1, -0.05) is 12.1 Å². The summed E-state index contributed by atoms with van der Waals surface area (Å²) in [5, 5.41) is 21.3. The smallest absolute Gasteiger partial charge is 0.255 e. The molecule has 2 aromatic rings. The van der Waals surface area contributed by atoms with Crippen molar-refractivity contribution in [3.05, 3.63) is 53.6 Å². The van der Waals surface area contributed by atoms with E-state index in [9.17, 15) is 15.0 Å². The van der Waals surface area contributed by atoms with Crippen molar-refractivity contribution in [3.63, 3.8) is 0 Å². The lowest BCUT2D eigenvalue weighted by atomic mass is 10.1. The number of halogens is 1. The number of anilines is 1. The maximum atomic E-state index is 11.9. The van der Waals surface area contributed by atoms with Gasteiger partial charge in [-0.15, -0.1) is 11.6 Å². The summed E-state index contributed by atoms with van der Waals surface area (Å²) in [5.41, 5.74) is 1.75. The quantitative estimate of drug-likeness (QED) is 0.755. The number of phenols is 2. The molecule has 19 heavy (non-hydrogen) atoms. The molecule has 4 nitrogen and oxygen atoms in total. The third-order valence-corrected chi connectivity index (χ3v) is 2.84. The highest BCUT2D eigenvalue weighted by atomic mass is 35.5. The summed E-state index contributed by atoms with van der Waals surface area (Å²) in [7, 11) is 0. The van der Waals surface area contributed by atoms with Gasteiger partial charge in [0.1, 0.15) is 11.5 Å². The van der Waals surface area contributed by atoms with Gasteiger partial charge in [-0.25, -0.2) is 0 Å². The highest BCUT2D eigenvalue weighted by Crippen LogP contribution is 2.21. The highest BCUT2D eigenvalue weighted by molar-refractivity contribution is 6.17. The minimum Gasteiger partial charge on any atom is -0.508 e. The largest absolute Gasteiger partial charge is 0.508 e. The number of rotatable bonds is 3. The predicted molar refractivity (Wildman–Crippen MR) is 73.7 cm³/mol. The Morgan fingerprint density at radius 3 is 2.16 bits per heavy atom. The second-order valence-corrected chi connectivity index (χ2v) is 4.29. The highest BCUT2D eigenvalue weighted by Gasteiger charge is 2.08. The first-order valence-electron chi connectivity index (χ1n) is 5.58. The maximum Gasteiger partial charge on any atom is 0.255 e. The monoisotopic (exact) mass is 277 g/mol. The fraction of sp³-hybridized carbons (Fsp3) is 0.0714. The van der Waals surface area contributed by atoms with Gasteiger partial charge in [0.15, 0.2) is 0 Å². The van der Waals surface area contributed by atoms with Gasteiger partial charge in [-0.05, 0) is 29.8 Å². The van der Waals surface area contributed by atoms with Gasteiger partial charge < -0.3 is 15.5 Å². The van der Waals surface area contributed by atoms with Crippen LogP contribution in [0, 0.1) is 0 Å². The SMILES string of the molecule is O=C(Nc1ccc(CCl)cc1)c1cc(O)cc(O)c1. The summed E-state index contributed by atoms with van der Waals surface area (Å²) < 4.78 is 0. The normalized spacial score (nSPS) is 10.2. The molecule has 0 fully saturated rings. The van der Waals surface area contributed by atoms with E-state index in [4.69, 9.17) is 11.6 Å². The van der Waals surface area contributed by atoms with Crippen molar-refractivity contribution in [2.75, 3.05) is 5.32 Å². The number of alkyl halides is 1. The van der Waals surface area contributed by atoms with Gasteiger partial charge in [0, 0.05) is 23.2 Å². The summed E-state index contributed by atoms with van der Waals surface area (Å²) in [6, 6.07) is 10.8. The molecule has 0 spiro atoms. The number of carbonyl (C=O) groups excluding carboxylic acids is 1. The number of hydrogen-bond acceptors (Lipinski definition) is 3. The van der Waals surface area contributed by atoms with Crippen LogP contribution < -0.4 is 5.32 Å². The van der Waals surface area contributed by atoms with Gasteiger partial charge >= 0.3 is 0 Å². The Bertz CT molecular complexity index is 576. The van der Waals surface area contributed by atoms with Crippen LogP contribution in [-0.2, 0) is 5.88 Å². The summed E-state index contributed by atoms with van der Waals surface area (Å²) in [4.78, 5) is 11.9. The van der Waals surface area contributed by atoms with Crippen molar-refractivity contribution >= 4 is 23.2 Å². The molecule has 0 aliphatic heterocycles. The molecule has 0 radical (unpaired) electrons. The molecule has 0 aliphatic rings. The van der Waals surface area contributed by atoms with Crippen LogP contribution in [-0.4, -0.2) is 16.1 Å². The number of phenolic OH excluding ortho intramolecular Hbond substituents is 2. The van der Waals surface area contributed by atoms with Crippen LogP contribution in [0.1, 0.15) is 15.9 Å². The fourth-order valence-electron chi connectivity index (χ4n) is 1.61. The van der Waals surface area contributed by atoms with Gasteiger partial charge in [-0.3, -0.25) is 4.79 Å². The third-order valence-electron chi connectivity index (χ3n) is 2.53. The second-order valence-electron chi connectivity index (χ2n) is 4.02. The molecule has 0 unspecified atom stereocenters.